The minimum absolute atomic E-state index is 0.212. The van der Waals surface area contributed by atoms with Crippen molar-refractivity contribution in [1.82, 2.24) is 14.8 Å². The van der Waals surface area contributed by atoms with Crippen molar-refractivity contribution in [3.63, 3.8) is 0 Å². The van der Waals surface area contributed by atoms with Gasteiger partial charge in [-0.15, -0.1) is 0 Å². The summed E-state index contributed by atoms with van der Waals surface area (Å²) in [6, 6.07) is 6.96. The van der Waals surface area contributed by atoms with Gasteiger partial charge in [-0.3, -0.25) is 14.9 Å². The van der Waals surface area contributed by atoms with Gasteiger partial charge in [0.1, 0.15) is 11.3 Å². The van der Waals surface area contributed by atoms with Gasteiger partial charge in [-0.2, -0.15) is 0 Å². The molecule has 3 aromatic rings. The second kappa shape index (κ2) is 5.36. The maximum absolute atomic E-state index is 12.5. The van der Waals surface area contributed by atoms with Gasteiger partial charge in [-0.25, -0.2) is 9.48 Å². The van der Waals surface area contributed by atoms with E-state index in [0.717, 1.165) is 0 Å². The highest BCUT2D eigenvalue weighted by Gasteiger charge is 2.17. The standard InChI is InChI=1S/C15H13N3O4/c1-21-10-5-3-9(4-6-10)18-14(19)11-7-16-8-12(13(11)17-18)15(20)22-2/h3-8,17H,1-2H3. The van der Waals surface area contributed by atoms with Crippen molar-refractivity contribution >= 4 is 16.9 Å². The molecule has 3 rings (SSSR count). The van der Waals surface area contributed by atoms with E-state index < -0.39 is 5.97 Å². The molecule has 0 atom stereocenters. The van der Waals surface area contributed by atoms with Gasteiger partial charge in [0.05, 0.1) is 30.8 Å². The van der Waals surface area contributed by atoms with Gasteiger partial charge in [0.15, 0.2) is 0 Å². The summed E-state index contributed by atoms with van der Waals surface area (Å²) in [4.78, 5) is 28.1. The van der Waals surface area contributed by atoms with E-state index in [-0.39, 0.29) is 11.1 Å². The topological polar surface area (TPSA) is 86.2 Å². The summed E-state index contributed by atoms with van der Waals surface area (Å²) in [5, 5.41) is 3.24. The van der Waals surface area contributed by atoms with Gasteiger partial charge >= 0.3 is 5.97 Å². The molecule has 7 heteroatoms. The first-order valence-electron chi connectivity index (χ1n) is 6.47. The summed E-state index contributed by atoms with van der Waals surface area (Å²) in [6.45, 7) is 0. The molecule has 0 amide bonds. The molecule has 0 aliphatic carbocycles. The largest absolute Gasteiger partial charge is 0.497 e. The number of nitrogens with zero attached hydrogens (tertiary/aromatic N) is 2. The van der Waals surface area contributed by atoms with Gasteiger partial charge in [-0.05, 0) is 24.3 Å². The van der Waals surface area contributed by atoms with E-state index in [9.17, 15) is 9.59 Å². The second-order valence-corrected chi connectivity index (χ2v) is 4.55. The second-order valence-electron chi connectivity index (χ2n) is 4.55. The number of nitrogens with one attached hydrogen (secondary N) is 1. The van der Waals surface area contributed by atoms with Crippen molar-refractivity contribution in [2.45, 2.75) is 0 Å². The van der Waals surface area contributed by atoms with Crippen LogP contribution in [0.2, 0.25) is 0 Å². The number of fused-ring (bicyclic) bond motifs is 1. The van der Waals surface area contributed by atoms with Gasteiger partial charge < -0.3 is 9.47 Å². The molecule has 0 bridgehead atoms. The molecule has 7 nitrogen and oxygen atoms in total. The van der Waals surface area contributed by atoms with Gasteiger partial charge in [0.25, 0.3) is 5.56 Å². The van der Waals surface area contributed by atoms with Crippen LogP contribution in [0.1, 0.15) is 10.4 Å². The highest BCUT2D eigenvalue weighted by Crippen LogP contribution is 2.17. The Kier molecular flexibility index (Phi) is 3.38. The lowest BCUT2D eigenvalue weighted by molar-refractivity contribution is 0.0602. The number of hydrogen-bond donors (Lipinski definition) is 1. The number of ether oxygens (including phenoxy) is 2. The molecule has 0 aliphatic rings. The van der Waals surface area contributed by atoms with Gasteiger partial charge in [0, 0.05) is 12.4 Å². The first kappa shape index (κ1) is 13.9. The Hall–Kier alpha value is -3.09. The highest BCUT2D eigenvalue weighted by atomic mass is 16.5. The first-order chi connectivity index (χ1) is 10.7. The normalized spacial score (nSPS) is 10.6. The summed E-state index contributed by atoms with van der Waals surface area (Å²) in [5.74, 6) is 0.131. The van der Waals surface area contributed by atoms with Crippen LogP contribution in [0.3, 0.4) is 0 Å². The third-order valence-corrected chi connectivity index (χ3v) is 3.34. The van der Waals surface area contributed by atoms with Gasteiger partial charge in [0.2, 0.25) is 0 Å². The van der Waals surface area contributed by atoms with Crippen LogP contribution in [0.4, 0.5) is 0 Å². The molecular formula is C15H13N3O4. The van der Waals surface area contributed by atoms with Crippen LogP contribution in [0.15, 0.2) is 41.5 Å². The fraction of sp³-hybridized carbons (Fsp3) is 0.133. The number of H-pyrrole nitrogens is 1. The molecule has 0 spiro atoms. The maximum Gasteiger partial charge on any atom is 0.341 e. The maximum atomic E-state index is 12.5. The summed E-state index contributed by atoms with van der Waals surface area (Å²) in [5.41, 5.74) is 0.934. The van der Waals surface area contributed by atoms with Crippen LogP contribution in [0.25, 0.3) is 16.6 Å². The smallest absolute Gasteiger partial charge is 0.341 e. The van der Waals surface area contributed by atoms with E-state index >= 15 is 0 Å². The average molecular weight is 299 g/mol. The minimum atomic E-state index is -0.554. The summed E-state index contributed by atoms with van der Waals surface area (Å²) >= 11 is 0. The summed E-state index contributed by atoms with van der Waals surface area (Å²) in [7, 11) is 2.85. The van der Waals surface area contributed by atoms with E-state index in [1.165, 1.54) is 24.2 Å². The zero-order chi connectivity index (χ0) is 15.7. The monoisotopic (exact) mass is 299 g/mol. The molecule has 0 saturated carbocycles. The van der Waals surface area contributed by atoms with Crippen molar-refractivity contribution in [3.8, 4) is 11.4 Å². The molecule has 0 unspecified atom stereocenters. The zero-order valence-electron chi connectivity index (χ0n) is 12.0. The van der Waals surface area contributed by atoms with E-state index in [0.29, 0.717) is 22.3 Å². The zero-order valence-corrected chi connectivity index (χ0v) is 12.0. The van der Waals surface area contributed by atoms with Crippen molar-refractivity contribution < 1.29 is 14.3 Å². The molecule has 1 aromatic carbocycles. The van der Waals surface area contributed by atoms with E-state index in [2.05, 4.69) is 10.1 Å². The Balaban J connectivity index is 2.21. The number of carbonyl (C=O) groups is 1. The van der Waals surface area contributed by atoms with Crippen molar-refractivity contribution in [2.75, 3.05) is 14.2 Å². The van der Waals surface area contributed by atoms with Crippen molar-refractivity contribution in [2.24, 2.45) is 0 Å². The molecule has 22 heavy (non-hydrogen) atoms. The predicted octanol–water partition coefficient (Wildman–Crippen LogP) is 1.51. The molecule has 2 aromatic heterocycles. The summed E-state index contributed by atoms with van der Waals surface area (Å²) in [6.07, 6.45) is 2.78. The van der Waals surface area contributed by atoms with E-state index in [4.69, 9.17) is 9.47 Å². The molecule has 0 fully saturated rings. The van der Waals surface area contributed by atoms with E-state index in [1.807, 2.05) is 0 Å². The Morgan fingerprint density at radius 3 is 2.55 bits per heavy atom. The number of methoxy groups -OCH3 is 2. The molecule has 0 aliphatic heterocycles. The van der Waals surface area contributed by atoms with E-state index in [1.54, 1.807) is 31.4 Å². The fourth-order valence-electron chi connectivity index (χ4n) is 2.20. The number of pyridine rings is 1. The Morgan fingerprint density at radius 1 is 1.18 bits per heavy atom. The van der Waals surface area contributed by atoms with Gasteiger partial charge in [-0.1, -0.05) is 0 Å². The molecule has 0 saturated heterocycles. The molecule has 112 valence electrons. The molecule has 2 heterocycles. The van der Waals surface area contributed by atoms with Crippen LogP contribution in [-0.2, 0) is 4.74 Å². The van der Waals surface area contributed by atoms with Crippen LogP contribution in [0, 0.1) is 0 Å². The first-order valence-corrected chi connectivity index (χ1v) is 6.47. The number of rotatable bonds is 3. The number of hydrogen-bond acceptors (Lipinski definition) is 5. The Morgan fingerprint density at radius 2 is 1.91 bits per heavy atom. The van der Waals surface area contributed by atoms with Crippen LogP contribution in [0.5, 0.6) is 5.75 Å². The van der Waals surface area contributed by atoms with Crippen LogP contribution < -0.4 is 10.3 Å². The lowest BCUT2D eigenvalue weighted by atomic mass is 10.2. The molecule has 0 radical (unpaired) electrons. The predicted molar refractivity (Wildman–Crippen MR) is 79.6 cm³/mol. The quantitative estimate of drug-likeness (QED) is 0.741. The average Bonchev–Trinajstić information content (AvgIpc) is 2.91. The number of aromatic nitrogens is 3. The number of benzene rings is 1. The Labute approximate surface area is 125 Å². The lowest BCUT2D eigenvalue weighted by Crippen LogP contribution is -2.14. The summed E-state index contributed by atoms with van der Waals surface area (Å²) < 4.78 is 11.1. The number of esters is 1. The molecule has 1 N–H and O–H groups in total. The third-order valence-electron chi connectivity index (χ3n) is 3.34. The lowest BCUT2D eigenvalue weighted by Gasteiger charge is -2.03. The van der Waals surface area contributed by atoms with Crippen molar-refractivity contribution in [3.05, 3.63) is 52.6 Å². The number of carbonyl (C=O) groups excluding carboxylic acids is 1. The highest BCUT2D eigenvalue weighted by molar-refractivity contribution is 6.01. The minimum Gasteiger partial charge on any atom is -0.497 e. The SMILES string of the molecule is COC(=O)c1cncc2c(=O)n(-c3ccc(OC)cc3)[nH]c12. The third kappa shape index (κ3) is 2.12. The fourth-order valence-corrected chi connectivity index (χ4v) is 2.20. The number of aromatic amines is 1. The van der Waals surface area contributed by atoms with Crippen molar-refractivity contribution in [1.29, 1.82) is 0 Å². The Bertz CT molecular complexity index is 893. The van der Waals surface area contributed by atoms with Crippen LogP contribution >= 0.6 is 0 Å². The molecular weight excluding hydrogens is 286 g/mol. The van der Waals surface area contributed by atoms with Crippen LogP contribution in [-0.4, -0.2) is 35.0 Å².